The first-order valence-corrected chi connectivity index (χ1v) is 12.9. The monoisotopic (exact) mass is 565 g/mol. The third-order valence-corrected chi connectivity index (χ3v) is 6.97. The van der Waals surface area contributed by atoms with Gasteiger partial charge in [-0.3, -0.25) is 14.5 Å². The highest BCUT2D eigenvalue weighted by Gasteiger charge is 2.44. The summed E-state index contributed by atoms with van der Waals surface area (Å²) in [6.07, 6.45) is 3.07. The van der Waals surface area contributed by atoms with E-state index in [1.165, 1.54) is 17.0 Å². The maximum absolute atomic E-state index is 14.0. The van der Waals surface area contributed by atoms with Crippen LogP contribution in [0.3, 0.4) is 0 Å². The lowest BCUT2D eigenvalue weighted by atomic mass is 9.97. The van der Waals surface area contributed by atoms with Gasteiger partial charge in [0.25, 0.3) is 5.91 Å². The van der Waals surface area contributed by atoms with Gasteiger partial charge in [0.2, 0.25) is 5.76 Å². The Kier molecular flexibility index (Phi) is 7.02. The van der Waals surface area contributed by atoms with Crippen molar-refractivity contribution in [3.63, 3.8) is 0 Å². The van der Waals surface area contributed by atoms with Gasteiger partial charge in [0, 0.05) is 10.2 Å². The van der Waals surface area contributed by atoms with Crippen LogP contribution in [-0.4, -0.2) is 19.6 Å². The van der Waals surface area contributed by atoms with E-state index in [0.717, 1.165) is 29.8 Å². The summed E-state index contributed by atoms with van der Waals surface area (Å²) < 4.78 is 32.3. The summed E-state index contributed by atoms with van der Waals surface area (Å²) in [5, 5.41) is 0.0806. The number of benzene rings is 3. The van der Waals surface area contributed by atoms with Gasteiger partial charge in [-0.25, -0.2) is 4.39 Å². The number of ether oxygens (including phenoxy) is 2. The highest BCUT2D eigenvalue weighted by atomic mass is 79.9. The van der Waals surface area contributed by atoms with E-state index in [0.29, 0.717) is 29.4 Å². The highest BCUT2D eigenvalue weighted by molar-refractivity contribution is 9.10. The zero-order chi connectivity index (χ0) is 26.1. The normalized spacial score (nSPS) is 14.8. The minimum absolute atomic E-state index is 0.0594. The van der Waals surface area contributed by atoms with E-state index in [-0.39, 0.29) is 22.3 Å². The molecule has 8 heteroatoms. The second-order valence-corrected chi connectivity index (χ2v) is 9.75. The van der Waals surface area contributed by atoms with Crippen molar-refractivity contribution in [1.29, 1.82) is 0 Å². The fourth-order valence-electron chi connectivity index (χ4n) is 4.64. The Morgan fingerprint density at radius 3 is 2.51 bits per heavy atom. The van der Waals surface area contributed by atoms with Crippen molar-refractivity contribution in [2.24, 2.45) is 0 Å². The number of nitrogens with zero attached hydrogens (tertiary/aromatic N) is 1. The molecule has 1 aliphatic heterocycles. The molecule has 2 heterocycles. The molecule has 0 aliphatic carbocycles. The topological polar surface area (TPSA) is 69.0 Å². The van der Waals surface area contributed by atoms with Crippen molar-refractivity contribution in [2.45, 2.75) is 32.2 Å². The predicted molar refractivity (Wildman–Crippen MR) is 143 cm³/mol. The van der Waals surface area contributed by atoms with Gasteiger partial charge in [0.15, 0.2) is 16.9 Å². The average molecular weight is 566 g/mol. The Hall–Kier alpha value is -3.65. The molecular formula is C29H25BrFNO5. The Balaban J connectivity index is 1.67. The molecule has 3 aromatic carbocycles. The first-order chi connectivity index (χ1) is 17.9. The SMILES string of the molecule is CCCCCOc1ccc(C2c3c(oc4ccc(F)cc4c3=O)C(=O)N2c2ccc(Br)cc2)cc1OC. The number of anilines is 1. The van der Waals surface area contributed by atoms with Crippen molar-refractivity contribution < 1.29 is 23.1 Å². The summed E-state index contributed by atoms with van der Waals surface area (Å²) in [6, 6.07) is 15.5. The fraction of sp³-hybridized carbons (Fsp3) is 0.241. The standard InChI is InChI=1S/C29H25BrFNO5/c1-3-4-5-14-36-23-12-6-17(15-24(23)35-2)26-25-27(33)21-16-19(31)9-13-22(21)37-28(25)29(34)32(26)20-10-7-18(30)8-11-20/h6-13,15-16,26H,3-5,14H2,1-2H3. The summed E-state index contributed by atoms with van der Waals surface area (Å²) in [6.45, 7) is 2.68. The number of carbonyl (C=O) groups excluding carboxylic acids is 1. The van der Waals surface area contributed by atoms with Gasteiger partial charge in [-0.15, -0.1) is 0 Å². The molecule has 0 saturated carbocycles. The van der Waals surface area contributed by atoms with E-state index >= 15 is 0 Å². The molecule has 1 atom stereocenters. The number of rotatable bonds is 8. The molecule has 1 unspecified atom stereocenters. The third kappa shape index (κ3) is 4.62. The quantitative estimate of drug-likeness (QED) is 0.215. The van der Waals surface area contributed by atoms with Gasteiger partial charge in [0.1, 0.15) is 11.4 Å². The van der Waals surface area contributed by atoms with Gasteiger partial charge in [-0.05, 0) is 66.6 Å². The fourth-order valence-corrected chi connectivity index (χ4v) is 4.90. The van der Waals surface area contributed by atoms with Gasteiger partial charge >= 0.3 is 0 Å². The molecule has 0 N–H and O–H groups in total. The van der Waals surface area contributed by atoms with Crippen LogP contribution in [0.2, 0.25) is 0 Å². The summed E-state index contributed by atoms with van der Waals surface area (Å²) in [5.41, 5.74) is 1.08. The van der Waals surface area contributed by atoms with Gasteiger partial charge < -0.3 is 13.9 Å². The molecule has 0 radical (unpaired) electrons. The number of carbonyl (C=O) groups is 1. The lowest BCUT2D eigenvalue weighted by Crippen LogP contribution is -2.29. The molecule has 37 heavy (non-hydrogen) atoms. The first kappa shape index (κ1) is 25.0. The van der Waals surface area contributed by atoms with Gasteiger partial charge in [-0.1, -0.05) is 41.8 Å². The minimum atomic E-state index is -0.810. The van der Waals surface area contributed by atoms with Crippen LogP contribution < -0.4 is 19.8 Å². The number of methoxy groups -OCH3 is 1. The van der Waals surface area contributed by atoms with Crippen LogP contribution in [0.5, 0.6) is 11.5 Å². The summed E-state index contributed by atoms with van der Waals surface area (Å²) in [4.78, 5) is 28.9. The van der Waals surface area contributed by atoms with Crippen LogP contribution in [-0.2, 0) is 0 Å². The number of halogens is 2. The number of amides is 1. The zero-order valence-electron chi connectivity index (χ0n) is 20.4. The van der Waals surface area contributed by atoms with Crippen molar-refractivity contribution in [1.82, 2.24) is 0 Å². The maximum Gasteiger partial charge on any atom is 0.295 e. The predicted octanol–water partition coefficient (Wildman–Crippen LogP) is 7.02. The summed E-state index contributed by atoms with van der Waals surface area (Å²) in [5.74, 6) is -0.00592. The smallest absolute Gasteiger partial charge is 0.295 e. The molecule has 0 saturated heterocycles. The van der Waals surface area contributed by atoms with Crippen molar-refractivity contribution >= 4 is 38.5 Å². The zero-order valence-corrected chi connectivity index (χ0v) is 22.0. The molecule has 190 valence electrons. The van der Waals surface area contributed by atoms with Crippen molar-refractivity contribution in [3.05, 3.63) is 98.1 Å². The Morgan fingerprint density at radius 1 is 1.00 bits per heavy atom. The van der Waals surface area contributed by atoms with Crippen LogP contribution in [0.4, 0.5) is 10.1 Å². The van der Waals surface area contributed by atoms with Crippen LogP contribution >= 0.6 is 15.9 Å². The minimum Gasteiger partial charge on any atom is -0.493 e. The maximum atomic E-state index is 14.0. The van der Waals surface area contributed by atoms with E-state index in [4.69, 9.17) is 13.9 Å². The Labute approximate surface area is 221 Å². The van der Waals surface area contributed by atoms with E-state index in [1.54, 1.807) is 31.4 Å². The van der Waals surface area contributed by atoms with Gasteiger partial charge in [-0.2, -0.15) is 0 Å². The third-order valence-electron chi connectivity index (χ3n) is 6.45. The van der Waals surface area contributed by atoms with E-state index < -0.39 is 23.2 Å². The molecule has 0 fully saturated rings. The van der Waals surface area contributed by atoms with Crippen molar-refractivity contribution in [2.75, 3.05) is 18.6 Å². The Morgan fingerprint density at radius 2 is 1.78 bits per heavy atom. The summed E-state index contributed by atoms with van der Waals surface area (Å²) >= 11 is 3.42. The first-order valence-electron chi connectivity index (χ1n) is 12.1. The molecule has 6 nitrogen and oxygen atoms in total. The van der Waals surface area contributed by atoms with E-state index in [1.807, 2.05) is 18.2 Å². The van der Waals surface area contributed by atoms with Crippen LogP contribution in [0.15, 0.2) is 74.3 Å². The number of hydrogen-bond acceptors (Lipinski definition) is 5. The molecule has 5 rings (SSSR count). The Bertz CT molecular complexity index is 1530. The molecule has 0 bridgehead atoms. The van der Waals surface area contributed by atoms with Crippen LogP contribution in [0.25, 0.3) is 11.0 Å². The summed E-state index contributed by atoms with van der Waals surface area (Å²) in [7, 11) is 1.54. The number of fused-ring (bicyclic) bond motifs is 2. The molecule has 0 spiro atoms. The molecule has 1 aliphatic rings. The number of hydrogen-bond donors (Lipinski definition) is 0. The molecule has 1 amide bonds. The lowest BCUT2D eigenvalue weighted by Gasteiger charge is -2.26. The highest BCUT2D eigenvalue weighted by Crippen LogP contribution is 2.43. The molecule has 4 aromatic rings. The van der Waals surface area contributed by atoms with Crippen LogP contribution in [0.1, 0.15) is 53.9 Å². The van der Waals surface area contributed by atoms with Crippen LogP contribution in [0, 0.1) is 5.82 Å². The van der Waals surface area contributed by atoms with Gasteiger partial charge in [0.05, 0.1) is 30.7 Å². The molecule has 1 aromatic heterocycles. The lowest BCUT2D eigenvalue weighted by molar-refractivity contribution is 0.0971. The second-order valence-electron chi connectivity index (χ2n) is 8.83. The second kappa shape index (κ2) is 10.4. The number of unbranched alkanes of at least 4 members (excludes halogenated alkanes) is 2. The average Bonchev–Trinajstić information content (AvgIpc) is 3.20. The van der Waals surface area contributed by atoms with E-state index in [9.17, 15) is 14.0 Å². The van der Waals surface area contributed by atoms with Crippen molar-refractivity contribution in [3.8, 4) is 11.5 Å². The molecular weight excluding hydrogens is 541 g/mol. The largest absolute Gasteiger partial charge is 0.493 e. The van der Waals surface area contributed by atoms with E-state index in [2.05, 4.69) is 22.9 Å².